The second-order valence-corrected chi connectivity index (χ2v) is 6.57. The Morgan fingerprint density at radius 1 is 1.04 bits per heavy atom. The van der Waals surface area contributed by atoms with Crippen molar-refractivity contribution < 1.29 is 28.3 Å². The molecule has 2 N–H and O–H groups in total. The molecule has 1 heterocycles. The number of carboxylic acids is 1. The summed E-state index contributed by atoms with van der Waals surface area (Å²) in [4.78, 5) is 37.3. The molecule has 6 nitrogen and oxygen atoms in total. The number of halogens is 2. The summed E-state index contributed by atoms with van der Waals surface area (Å²) in [6.07, 6.45) is 0.776. The number of nitrogens with one attached hydrogen (secondary N) is 1. The topological polar surface area (TPSA) is 86.7 Å². The molecule has 2 aromatic rings. The zero-order valence-corrected chi connectivity index (χ0v) is 14.8. The maximum absolute atomic E-state index is 13.8. The molecule has 1 aliphatic heterocycles. The van der Waals surface area contributed by atoms with Gasteiger partial charge < -0.3 is 15.3 Å². The summed E-state index contributed by atoms with van der Waals surface area (Å²) in [5.41, 5.74) is 0.256. The second-order valence-electron chi connectivity index (χ2n) is 6.57. The van der Waals surface area contributed by atoms with Crippen LogP contribution in [0.25, 0.3) is 0 Å². The summed E-state index contributed by atoms with van der Waals surface area (Å²) in [5.74, 6) is -3.90. The highest BCUT2D eigenvalue weighted by Gasteiger charge is 2.29. The first-order valence-electron chi connectivity index (χ1n) is 8.73. The van der Waals surface area contributed by atoms with Gasteiger partial charge in [-0.1, -0.05) is 6.07 Å². The molecule has 1 aliphatic rings. The SMILES string of the molecule is O=C(O)c1cccc(NC(=O)C2CCN(C(=O)c3ccc(F)cc3F)CC2)c1. The molecule has 0 radical (unpaired) electrons. The Morgan fingerprint density at radius 2 is 1.75 bits per heavy atom. The van der Waals surface area contributed by atoms with Crippen molar-refractivity contribution in [3.05, 3.63) is 65.2 Å². The number of benzene rings is 2. The van der Waals surface area contributed by atoms with Gasteiger partial charge in [-0.15, -0.1) is 0 Å². The third-order valence-corrected chi connectivity index (χ3v) is 4.69. The molecule has 0 spiro atoms. The molecule has 0 atom stereocenters. The van der Waals surface area contributed by atoms with Crippen LogP contribution in [-0.2, 0) is 4.79 Å². The molecule has 0 bridgehead atoms. The lowest BCUT2D eigenvalue weighted by Gasteiger charge is -2.31. The lowest BCUT2D eigenvalue weighted by molar-refractivity contribution is -0.121. The van der Waals surface area contributed by atoms with Gasteiger partial charge in [-0.25, -0.2) is 13.6 Å². The number of piperidine rings is 1. The Morgan fingerprint density at radius 3 is 2.39 bits per heavy atom. The number of rotatable bonds is 4. The molecule has 0 aromatic heterocycles. The number of hydrogen-bond acceptors (Lipinski definition) is 3. The van der Waals surface area contributed by atoms with Gasteiger partial charge in [0.2, 0.25) is 5.91 Å². The number of likely N-dealkylation sites (tertiary alicyclic amines) is 1. The van der Waals surface area contributed by atoms with Crippen LogP contribution in [0.2, 0.25) is 0 Å². The minimum absolute atomic E-state index is 0.0690. The maximum Gasteiger partial charge on any atom is 0.335 e. The molecule has 0 aliphatic carbocycles. The fourth-order valence-corrected chi connectivity index (χ4v) is 3.15. The van der Waals surface area contributed by atoms with Crippen molar-refractivity contribution in [3.8, 4) is 0 Å². The number of carbonyl (C=O) groups excluding carboxylic acids is 2. The highest BCUT2D eigenvalue weighted by molar-refractivity contribution is 5.96. The Kier molecular flexibility index (Phi) is 5.67. The summed E-state index contributed by atoms with van der Waals surface area (Å²) in [5, 5.41) is 11.7. The highest BCUT2D eigenvalue weighted by atomic mass is 19.1. The molecule has 1 fully saturated rings. The van der Waals surface area contributed by atoms with E-state index in [2.05, 4.69) is 5.32 Å². The Labute approximate surface area is 159 Å². The number of nitrogens with zero attached hydrogens (tertiary/aromatic N) is 1. The lowest BCUT2D eigenvalue weighted by Crippen LogP contribution is -2.41. The van der Waals surface area contributed by atoms with Crippen LogP contribution in [0.5, 0.6) is 0 Å². The van der Waals surface area contributed by atoms with E-state index in [9.17, 15) is 23.2 Å². The van der Waals surface area contributed by atoms with Crippen LogP contribution >= 0.6 is 0 Å². The van der Waals surface area contributed by atoms with Crippen molar-refractivity contribution in [2.45, 2.75) is 12.8 Å². The van der Waals surface area contributed by atoms with Gasteiger partial charge >= 0.3 is 5.97 Å². The zero-order chi connectivity index (χ0) is 20.3. The predicted molar refractivity (Wildman–Crippen MR) is 97.0 cm³/mol. The first-order valence-corrected chi connectivity index (χ1v) is 8.73. The standard InChI is InChI=1S/C20H18F2N2O4/c21-14-4-5-16(17(22)11-14)19(26)24-8-6-12(7-9-24)18(25)23-15-3-1-2-13(10-15)20(27)28/h1-5,10-12H,6-9H2,(H,23,25)(H,27,28). The van der Waals surface area contributed by atoms with E-state index in [1.165, 1.54) is 23.1 Å². The van der Waals surface area contributed by atoms with Gasteiger partial charge in [0.25, 0.3) is 5.91 Å². The number of anilines is 1. The van der Waals surface area contributed by atoms with Crippen molar-refractivity contribution in [1.29, 1.82) is 0 Å². The summed E-state index contributed by atoms with van der Waals surface area (Å²) >= 11 is 0. The summed E-state index contributed by atoms with van der Waals surface area (Å²) in [6.45, 7) is 0.534. The fourth-order valence-electron chi connectivity index (χ4n) is 3.15. The third-order valence-electron chi connectivity index (χ3n) is 4.69. The molecule has 0 unspecified atom stereocenters. The molecule has 1 saturated heterocycles. The third kappa shape index (κ3) is 4.33. The minimum atomic E-state index is -1.09. The molecule has 2 amide bonds. The summed E-state index contributed by atoms with van der Waals surface area (Å²) in [6, 6.07) is 8.74. The van der Waals surface area contributed by atoms with Crippen LogP contribution in [0.4, 0.5) is 14.5 Å². The molecule has 8 heteroatoms. The number of carbonyl (C=O) groups is 3. The average molecular weight is 388 g/mol. The van der Waals surface area contributed by atoms with Crippen LogP contribution < -0.4 is 5.32 Å². The number of aromatic carboxylic acids is 1. The van der Waals surface area contributed by atoms with Gasteiger partial charge in [-0.3, -0.25) is 9.59 Å². The van der Waals surface area contributed by atoms with Crippen molar-refractivity contribution in [1.82, 2.24) is 4.90 Å². The van der Waals surface area contributed by atoms with Crippen molar-refractivity contribution in [2.24, 2.45) is 5.92 Å². The Balaban J connectivity index is 1.59. The molecule has 28 heavy (non-hydrogen) atoms. The highest BCUT2D eigenvalue weighted by Crippen LogP contribution is 2.22. The van der Waals surface area contributed by atoms with E-state index in [4.69, 9.17) is 5.11 Å². The normalized spacial score (nSPS) is 14.6. The largest absolute Gasteiger partial charge is 0.478 e. The Bertz CT molecular complexity index is 924. The molecular formula is C20H18F2N2O4. The monoisotopic (exact) mass is 388 g/mol. The first kappa shape index (κ1) is 19.5. The van der Waals surface area contributed by atoms with Gasteiger partial charge in [0.05, 0.1) is 11.1 Å². The van der Waals surface area contributed by atoms with Crippen molar-refractivity contribution in [3.63, 3.8) is 0 Å². The van der Waals surface area contributed by atoms with Crippen LogP contribution in [0, 0.1) is 17.6 Å². The minimum Gasteiger partial charge on any atom is -0.478 e. The van der Waals surface area contributed by atoms with Crippen LogP contribution in [-0.4, -0.2) is 40.9 Å². The van der Waals surface area contributed by atoms with Gasteiger partial charge in [0.1, 0.15) is 11.6 Å². The van der Waals surface area contributed by atoms with Crippen LogP contribution in [0.3, 0.4) is 0 Å². The van der Waals surface area contributed by atoms with Gasteiger partial charge in [-0.05, 0) is 43.2 Å². The van der Waals surface area contributed by atoms with Gasteiger partial charge in [0, 0.05) is 30.8 Å². The number of amides is 2. The molecule has 0 saturated carbocycles. The number of hydrogen-bond donors (Lipinski definition) is 2. The summed E-state index contributed by atoms with van der Waals surface area (Å²) < 4.78 is 26.8. The van der Waals surface area contributed by atoms with E-state index in [-0.39, 0.29) is 36.0 Å². The van der Waals surface area contributed by atoms with Crippen molar-refractivity contribution >= 4 is 23.5 Å². The van der Waals surface area contributed by atoms with Crippen LogP contribution in [0.1, 0.15) is 33.6 Å². The number of carboxylic acid groups (broad SMARTS) is 1. The first-order chi connectivity index (χ1) is 13.3. The predicted octanol–water partition coefficient (Wildman–Crippen LogP) is 3.15. The zero-order valence-electron chi connectivity index (χ0n) is 14.8. The molecule has 3 rings (SSSR count). The fraction of sp³-hybridized carbons (Fsp3) is 0.250. The van der Waals surface area contributed by atoms with Crippen LogP contribution in [0.15, 0.2) is 42.5 Å². The maximum atomic E-state index is 13.8. The van der Waals surface area contributed by atoms with Gasteiger partial charge in [-0.2, -0.15) is 0 Å². The van der Waals surface area contributed by atoms with E-state index >= 15 is 0 Å². The van der Waals surface area contributed by atoms with E-state index in [1.54, 1.807) is 6.07 Å². The van der Waals surface area contributed by atoms with Gasteiger partial charge in [0.15, 0.2) is 0 Å². The van der Waals surface area contributed by atoms with E-state index in [0.717, 1.165) is 12.1 Å². The summed E-state index contributed by atoms with van der Waals surface area (Å²) in [7, 11) is 0. The Hall–Kier alpha value is -3.29. The van der Waals surface area contributed by atoms with E-state index < -0.39 is 23.5 Å². The second kappa shape index (κ2) is 8.16. The van der Waals surface area contributed by atoms with Crippen molar-refractivity contribution in [2.75, 3.05) is 18.4 Å². The van der Waals surface area contributed by atoms with E-state index in [0.29, 0.717) is 24.6 Å². The average Bonchev–Trinajstić information content (AvgIpc) is 2.68. The lowest BCUT2D eigenvalue weighted by atomic mass is 9.95. The molecule has 146 valence electrons. The smallest absolute Gasteiger partial charge is 0.335 e. The quantitative estimate of drug-likeness (QED) is 0.842. The molecule has 2 aromatic carbocycles. The van der Waals surface area contributed by atoms with E-state index in [1.807, 2.05) is 0 Å². The molecular weight excluding hydrogens is 370 g/mol.